The summed E-state index contributed by atoms with van der Waals surface area (Å²) in [5.74, 6) is 3.52. The summed E-state index contributed by atoms with van der Waals surface area (Å²) in [5.41, 5.74) is 7.34. The van der Waals surface area contributed by atoms with E-state index in [4.69, 9.17) is 0 Å². The molecule has 0 aromatic rings. The van der Waals surface area contributed by atoms with Gasteiger partial charge in [-0.15, -0.1) is 0 Å². The highest BCUT2D eigenvalue weighted by molar-refractivity contribution is 5.38. The summed E-state index contributed by atoms with van der Waals surface area (Å²) in [6.07, 6.45) is 16.6. The van der Waals surface area contributed by atoms with E-state index in [1.54, 1.807) is 0 Å². The van der Waals surface area contributed by atoms with Crippen molar-refractivity contribution in [2.24, 2.45) is 45.3 Å². The van der Waals surface area contributed by atoms with Crippen molar-refractivity contribution in [2.45, 2.75) is 127 Å². The van der Waals surface area contributed by atoms with Gasteiger partial charge in [-0.1, -0.05) is 71.3 Å². The van der Waals surface area contributed by atoms with E-state index in [0.717, 1.165) is 23.7 Å². The van der Waals surface area contributed by atoms with Crippen molar-refractivity contribution < 1.29 is 0 Å². The van der Waals surface area contributed by atoms with Crippen LogP contribution in [0.15, 0.2) is 22.8 Å². The molecule has 4 aliphatic carbocycles. The fourth-order valence-corrected chi connectivity index (χ4v) is 9.66. The van der Waals surface area contributed by atoms with Gasteiger partial charge in [0.2, 0.25) is 0 Å². The standard InChI is InChI=1S/C31H52/c1-21(2)11-10-12-22(3)24-16-19-31(9)26-13-14-27-28(5,6)23(4)15-18-29(27,7)25(26)17-20-30(24,31)8/h11,22-24,27H,10,12-20H2,1-9H3/t22-,23+,24-,27+,29-,30-,31+/m1/s1. The van der Waals surface area contributed by atoms with Crippen LogP contribution in [0.25, 0.3) is 0 Å². The monoisotopic (exact) mass is 424 g/mol. The Balaban J connectivity index is 1.65. The van der Waals surface area contributed by atoms with Gasteiger partial charge in [0.1, 0.15) is 0 Å². The van der Waals surface area contributed by atoms with Crippen molar-refractivity contribution in [1.82, 2.24) is 0 Å². The molecule has 2 fully saturated rings. The van der Waals surface area contributed by atoms with Gasteiger partial charge in [-0.2, -0.15) is 0 Å². The molecule has 4 aliphatic rings. The maximum atomic E-state index is 2.72. The fraction of sp³-hybridized carbons (Fsp3) is 0.871. The Hall–Kier alpha value is -0.520. The summed E-state index contributed by atoms with van der Waals surface area (Å²) in [6, 6.07) is 0. The minimum Gasteiger partial charge on any atom is -0.0859 e. The third kappa shape index (κ3) is 3.35. The fourth-order valence-electron chi connectivity index (χ4n) is 9.66. The first-order valence-electron chi connectivity index (χ1n) is 13.7. The van der Waals surface area contributed by atoms with Gasteiger partial charge in [0.05, 0.1) is 0 Å². The molecule has 2 saturated carbocycles. The van der Waals surface area contributed by atoms with E-state index in [2.05, 4.69) is 68.4 Å². The molecule has 0 bridgehead atoms. The van der Waals surface area contributed by atoms with E-state index in [-0.39, 0.29) is 0 Å². The molecule has 7 atom stereocenters. The zero-order valence-corrected chi connectivity index (χ0v) is 22.5. The Kier molecular flexibility index (Phi) is 5.92. The van der Waals surface area contributed by atoms with E-state index < -0.39 is 0 Å². The van der Waals surface area contributed by atoms with Crippen LogP contribution in [0.2, 0.25) is 0 Å². The first-order chi connectivity index (χ1) is 14.4. The van der Waals surface area contributed by atoms with Crippen LogP contribution in [-0.4, -0.2) is 0 Å². The van der Waals surface area contributed by atoms with E-state index in [1.807, 2.05) is 11.1 Å². The van der Waals surface area contributed by atoms with Crippen LogP contribution in [0.3, 0.4) is 0 Å². The van der Waals surface area contributed by atoms with E-state index in [9.17, 15) is 0 Å². The highest BCUT2D eigenvalue weighted by atomic mass is 14.7. The normalized spacial score (nSPS) is 44.9. The molecule has 0 amide bonds. The van der Waals surface area contributed by atoms with Gasteiger partial charge in [-0.05, 0) is 123 Å². The molecule has 0 nitrogen and oxygen atoms in total. The number of hydrogen-bond acceptors (Lipinski definition) is 0. The van der Waals surface area contributed by atoms with Crippen molar-refractivity contribution in [3.05, 3.63) is 22.8 Å². The average Bonchev–Trinajstić information content (AvgIpc) is 2.96. The molecule has 0 radical (unpaired) electrons. The van der Waals surface area contributed by atoms with Crippen molar-refractivity contribution in [1.29, 1.82) is 0 Å². The molecular weight excluding hydrogens is 372 g/mol. The largest absolute Gasteiger partial charge is 0.0859 e. The molecule has 4 rings (SSSR count). The summed E-state index contributed by atoms with van der Waals surface area (Å²) in [7, 11) is 0. The van der Waals surface area contributed by atoms with Gasteiger partial charge < -0.3 is 0 Å². The van der Waals surface area contributed by atoms with Gasteiger partial charge in [0.15, 0.2) is 0 Å². The molecule has 0 aliphatic heterocycles. The van der Waals surface area contributed by atoms with Gasteiger partial charge in [-0.25, -0.2) is 0 Å². The molecule has 0 unspecified atom stereocenters. The van der Waals surface area contributed by atoms with E-state index in [0.29, 0.717) is 21.7 Å². The van der Waals surface area contributed by atoms with Gasteiger partial charge in [0.25, 0.3) is 0 Å². The molecule has 0 spiro atoms. The van der Waals surface area contributed by atoms with Crippen LogP contribution in [0, 0.1) is 45.3 Å². The highest BCUT2D eigenvalue weighted by Crippen LogP contribution is 2.72. The van der Waals surface area contributed by atoms with Gasteiger partial charge in [-0.3, -0.25) is 0 Å². The number of rotatable bonds is 4. The van der Waals surface area contributed by atoms with Gasteiger partial charge in [0, 0.05) is 0 Å². The summed E-state index contributed by atoms with van der Waals surface area (Å²) in [6.45, 7) is 22.9. The molecule has 0 saturated heterocycles. The first kappa shape index (κ1) is 23.6. The third-order valence-corrected chi connectivity index (χ3v) is 12.2. The Morgan fingerprint density at radius 1 is 0.935 bits per heavy atom. The lowest BCUT2D eigenvalue weighted by Crippen LogP contribution is -2.53. The Morgan fingerprint density at radius 3 is 2.32 bits per heavy atom. The van der Waals surface area contributed by atoms with Crippen LogP contribution in [0.4, 0.5) is 0 Å². The molecule has 0 heterocycles. The quantitative estimate of drug-likeness (QED) is 0.394. The smallest absolute Gasteiger partial charge is 0.00568 e. The Labute approximate surface area is 194 Å². The summed E-state index contributed by atoms with van der Waals surface area (Å²) in [4.78, 5) is 0. The predicted molar refractivity (Wildman–Crippen MR) is 136 cm³/mol. The van der Waals surface area contributed by atoms with Crippen LogP contribution < -0.4 is 0 Å². The molecule has 0 aromatic heterocycles. The lowest BCUT2D eigenvalue weighted by molar-refractivity contribution is -0.0482. The second-order valence-electron chi connectivity index (χ2n) is 14.0. The molecule has 0 aromatic carbocycles. The van der Waals surface area contributed by atoms with Crippen molar-refractivity contribution >= 4 is 0 Å². The minimum absolute atomic E-state index is 0.456. The first-order valence-corrected chi connectivity index (χ1v) is 13.7. The summed E-state index contributed by atoms with van der Waals surface area (Å²) < 4.78 is 0. The number of allylic oxidation sites excluding steroid dienone is 4. The van der Waals surface area contributed by atoms with Crippen LogP contribution in [-0.2, 0) is 0 Å². The number of fused-ring (bicyclic) bond motifs is 4. The van der Waals surface area contributed by atoms with Gasteiger partial charge >= 0.3 is 0 Å². The number of hydrogen-bond donors (Lipinski definition) is 0. The topological polar surface area (TPSA) is 0 Å². The van der Waals surface area contributed by atoms with E-state index >= 15 is 0 Å². The second-order valence-corrected chi connectivity index (χ2v) is 14.0. The summed E-state index contributed by atoms with van der Waals surface area (Å²) in [5, 5.41) is 0. The summed E-state index contributed by atoms with van der Waals surface area (Å²) >= 11 is 0. The lowest BCUT2D eigenvalue weighted by Gasteiger charge is -2.62. The van der Waals surface area contributed by atoms with Crippen LogP contribution in [0.1, 0.15) is 127 Å². The SMILES string of the molecule is CC(C)=CCC[C@@H](C)[C@H]1CC[C@@]2(C)C3=C(CC[C@]12C)[C@@]1(C)CC[C@H](C)C(C)(C)[C@@H]1CC3. The second kappa shape index (κ2) is 7.77. The van der Waals surface area contributed by atoms with Crippen LogP contribution >= 0.6 is 0 Å². The zero-order valence-electron chi connectivity index (χ0n) is 22.5. The Bertz CT molecular complexity index is 761. The van der Waals surface area contributed by atoms with Crippen molar-refractivity contribution in [2.75, 3.05) is 0 Å². The third-order valence-electron chi connectivity index (χ3n) is 12.2. The Morgan fingerprint density at radius 2 is 1.65 bits per heavy atom. The van der Waals surface area contributed by atoms with Crippen LogP contribution in [0.5, 0.6) is 0 Å². The molecule has 31 heavy (non-hydrogen) atoms. The molecule has 0 heteroatoms. The maximum absolute atomic E-state index is 2.72. The predicted octanol–water partition coefficient (Wildman–Crippen LogP) is 9.75. The highest BCUT2D eigenvalue weighted by Gasteiger charge is 2.62. The maximum Gasteiger partial charge on any atom is -0.00568 e. The average molecular weight is 425 g/mol. The minimum atomic E-state index is 0.456. The van der Waals surface area contributed by atoms with Crippen molar-refractivity contribution in [3.8, 4) is 0 Å². The molecule has 176 valence electrons. The van der Waals surface area contributed by atoms with E-state index in [1.165, 1.54) is 69.8 Å². The van der Waals surface area contributed by atoms with Crippen molar-refractivity contribution in [3.63, 3.8) is 0 Å². The molecular formula is C31H52. The lowest BCUT2D eigenvalue weighted by atomic mass is 9.42. The molecule has 0 N–H and O–H groups in total. The zero-order chi connectivity index (χ0) is 22.8.